The van der Waals surface area contributed by atoms with Crippen molar-refractivity contribution >= 4 is 22.5 Å². The van der Waals surface area contributed by atoms with Gasteiger partial charge in [-0.1, -0.05) is 6.07 Å². The topological polar surface area (TPSA) is 98.7 Å². The molecule has 2 aromatic heterocycles. The van der Waals surface area contributed by atoms with Crippen LogP contribution in [0.3, 0.4) is 0 Å². The van der Waals surface area contributed by atoms with Crippen molar-refractivity contribution in [1.29, 1.82) is 0 Å². The Morgan fingerprint density at radius 2 is 2.04 bits per heavy atom. The van der Waals surface area contributed by atoms with Crippen molar-refractivity contribution in [2.75, 3.05) is 5.32 Å². The Morgan fingerprint density at radius 1 is 1.26 bits per heavy atom. The standard InChI is InChI=1S/C16H18N6O/c1-9(2)19-14-12-5-4-10(11-7-18-22(3)8-11)6-13(12)20-21-15(14)16(17)23/h4-9H,1-3H3,(H2,17,23)(H,19,20). The number of nitrogens with zero attached hydrogens (tertiary/aromatic N) is 4. The first-order chi connectivity index (χ1) is 11.0. The molecule has 23 heavy (non-hydrogen) atoms. The molecular formula is C16H18N6O. The lowest BCUT2D eigenvalue weighted by atomic mass is 10.1. The molecule has 0 unspecified atom stereocenters. The van der Waals surface area contributed by atoms with Crippen LogP contribution in [0, 0.1) is 0 Å². The Balaban J connectivity index is 2.17. The molecule has 0 aliphatic rings. The van der Waals surface area contributed by atoms with Crippen molar-refractivity contribution in [1.82, 2.24) is 20.0 Å². The summed E-state index contributed by atoms with van der Waals surface area (Å²) in [5.41, 5.74) is 8.86. The molecule has 7 heteroatoms. The number of amides is 1. The van der Waals surface area contributed by atoms with Crippen molar-refractivity contribution in [3.63, 3.8) is 0 Å². The number of hydrogen-bond acceptors (Lipinski definition) is 5. The molecule has 0 atom stereocenters. The average molecular weight is 310 g/mol. The number of fused-ring (bicyclic) bond motifs is 1. The average Bonchev–Trinajstić information content (AvgIpc) is 2.92. The van der Waals surface area contributed by atoms with Gasteiger partial charge in [0.05, 0.1) is 17.4 Å². The van der Waals surface area contributed by atoms with Gasteiger partial charge in [-0.2, -0.15) is 5.10 Å². The summed E-state index contributed by atoms with van der Waals surface area (Å²) in [5, 5.41) is 16.4. The maximum absolute atomic E-state index is 11.6. The fourth-order valence-corrected chi connectivity index (χ4v) is 2.46. The number of nitrogens with one attached hydrogen (secondary N) is 1. The number of carbonyl (C=O) groups excluding carboxylic acids is 1. The van der Waals surface area contributed by atoms with Gasteiger partial charge in [0.15, 0.2) is 5.69 Å². The third kappa shape index (κ3) is 2.85. The molecule has 1 amide bonds. The molecule has 0 saturated carbocycles. The zero-order valence-corrected chi connectivity index (χ0v) is 13.2. The van der Waals surface area contributed by atoms with Crippen molar-refractivity contribution in [2.45, 2.75) is 19.9 Å². The second-order valence-electron chi connectivity index (χ2n) is 5.72. The van der Waals surface area contributed by atoms with E-state index in [0.717, 1.165) is 16.5 Å². The van der Waals surface area contributed by atoms with Gasteiger partial charge in [0, 0.05) is 30.2 Å². The van der Waals surface area contributed by atoms with Crippen LogP contribution < -0.4 is 11.1 Å². The smallest absolute Gasteiger partial charge is 0.271 e. The third-order valence-corrected chi connectivity index (χ3v) is 3.47. The Labute approximate surface area is 133 Å². The van der Waals surface area contributed by atoms with Gasteiger partial charge < -0.3 is 11.1 Å². The number of benzene rings is 1. The molecule has 0 bridgehead atoms. The van der Waals surface area contributed by atoms with E-state index < -0.39 is 5.91 Å². The van der Waals surface area contributed by atoms with Crippen molar-refractivity contribution in [3.05, 3.63) is 36.3 Å². The molecule has 0 fully saturated rings. The van der Waals surface area contributed by atoms with Crippen LogP contribution in [0.25, 0.3) is 22.0 Å². The van der Waals surface area contributed by atoms with E-state index in [2.05, 4.69) is 20.6 Å². The highest BCUT2D eigenvalue weighted by atomic mass is 16.1. The van der Waals surface area contributed by atoms with E-state index in [1.165, 1.54) is 0 Å². The monoisotopic (exact) mass is 310 g/mol. The minimum Gasteiger partial charge on any atom is -0.380 e. The summed E-state index contributed by atoms with van der Waals surface area (Å²) in [6.45, 7) is 3.97. The van der Waals surface area contributed by atoms with Gasteiger partial charge in [-0.25, -0.2) is 0 Å². The molecule has 0 spiro atoms. The molecule has 3 N–H and O–H groups in total. The summed E-state index contributed by atoms with van der Waals surface area (Å²) in [5.74, 6) is -0.598. The second-order valence-corrected chi connectivity index (χ2v) is 5.72. The fourth-order valence-electron chi connectivity index (χ4n) is 2.46. The predicted octanol–water partition coefficient (Wildman–Crippen LogP) is 1.95. The summed E-state index contributed by atoms with van der Waals surface area (Å²) in [4.78, 5) is 11.6. The molecule has 118 valence electrons. The summed E-state index contributed by atoms with van der Waals surface area (Å²) >= 11 is 0. The van der Waals surface area contributed by atoms with Crippen LogP contribution in [0.1, 0.15) is 24.3 Å². The highest BCUT2D eigenvalue weighted by molar-refractivity contribution is 6.05. The zero-order valence-electron chi connectivity index (χ0n) is 13.2. The molecule has 0 radical (unpaired) electrons. The zero-order chi connectivity index (χ0) is 16.6. The first-order valence-corrected chi connectivity index (χ1v) is 7.31. The Bertz CT molecular complexity index is 883. The normalized spacial score (nSPS) is 11.1. The molecular weight excluding hydrogens is 292 g/mol. The van der Waals surface area contributed by atoms with Crippen LogP contribution in [0.15, 0.2) is 30.6 Å². The number of aromatic nitrogens is 4. The van der Waals surface area contributed by atoms with Crippen molar-refractivity contribution < 1.29 is 4.79 Å². The van der Waals surface area contributed by atoms with Crippen LogP contribution in [-0.2, 0) is 7.05 Å². The Kier molecular flexibility index (Phi) is 3.69. The van der Waals surface area contributed by atoms with Crippen molar-refractivity contribution in [2.24, 2.45) is 12.8 Å². The van der Waals surface area contributed by atoms with Crippen LogP contribution in [-0.4, -0.2) is 31.9 Å². The number of anilines is 1. The minimum absolute atomic E-state index is 0.137. The summed E-state index contributed by atoms with van der Waals surface area (Å²) in [7, 11) is 1.87. The number of primary amides is 1. The van der Waals surface area contributed by atoms with Crippen LogP contribution in [0.5, 0.6) is 0 Å². The van der Waals surface area contributed by atoms with Gasteiger partial charge in [0.25, 0.3) is 5.91 Å². The van der Waals surface area contributed by atoms with Gasteiger partial charge >= 0.3 is 0 Å². The lowest BCUT2D eigenvalue weighted by Gasteiger charge is -2.15. The molecule has 7 nitrogen and oxygen atoms in total. The summed E-state index contributed by atoms with van der Waals surface area (Å²) in [6.07, 6.45) is 3.72. The van der Waals surface area contributed by atoms with Crippen molar-refractivity contribution in [3.8, 4) is 11.1 Å². The van der Waals surface area contributed by atoms with Crippen LogP contribution in [0.4, 0.5) is 5.69 Å². The molecule has 0 saturated heterocycles. The summed E-state index contributed by atoms with van der Waals surface area (Å²) < 4.78 is 1.74. The molecule has 0 aliphatic heterocycles. The van der Waals surface area contributed by atoms with Gasteiger partial charge in [-0.15, -0.1) is 10.2 Å². The Morgan fingerprint density at radius 3 is 2.65 bits per heavy atom. The van der Waals surface area contributed by atoms with Gasteiger partial charge in [-0.3, -0.25) is 9.48 Å². The number of hydrogen-bond donors (Lipinski definition) is 2. The SMILES string of the molecule is CC(C)Nc1c(C(N)=O)nnc2cc(-c3cnn(C)c3)ccc12. The van der Waals surface area contributed by atoms with Gasteiger partial charge in [0.1, 0.15) is 0 Å². The first-order valence-electron chi connectivity index (χ1n) is 7.31. The summed E-state index contributed by atoms with van der Waals surface area (Å²) in [6, 6.07) is 5.95. The van der Waals surface area contributed by atoms with Crippen LogP contribution in [0.2, 0.25) is 0 Å². The molecule has 1 aromatic carbocycles. The quantitative estimate of drug-likeness (QED) is 0.767. The van der Waals surface area contributed by atoms with E-state index in [1.54, 1.807) is 10.9 Å². The van der Waals surface area contributed by atoms with E-state index in [-0.39, 0.29) is 11.7 Å². The van der Waals surface area contributed by atoms with E-state index >= 15 is 0 Å². The lowest BCUT2D eigenvalue weighted by Crippen LogP contribution is -2.20. The fraction of sp³-hybridized carbons (Fsp3) is 0.250. The highest BCUT2D eigenvalue weighted by Crippen LogP contribution is 2.29. The largest absolute Gasteiger partial charge is 0.380 e. The first kappa shape index (κ1) is 15.0. The number of aryl methyl sites for hydroxylation is 1. The van der Waals surface area contributed by atoms with E-state index in [1.807, 2.05) is 45.3 Å². The molecule has 0 aliphatic carbocycles. The minimum atomic E-state index is -0.598. The second kappa shape index (κ2) is 5.68. The van der Waals surface area contributed by atoms with E-state index in [0.29, 0.717) is 11.2 Å². The molecule has 3 aromatic rings. The number of nitrogens with two attached hydrogens (primary N) is 1. The number of rotatable bonds is 4. The van der Waals surface area contributed by atoms with E-state index in [9.17, 15) is 4.79 Å². The van der Waals surface area contributed by atoms with E-state index in [4.69, 9.17) is 5.73 Å². The maximum Gasteiger partial charge on any atom is 0.271 e. The third-order valence-electron chi connectivity index (χ3n) is 3.47. The number of carbonyl (C=O) groups is 1. The van der Waals surface area contributed by atoms with Gasteiger partial charge in [0.2, 0.25) is 0 Å². The maximum atomic E-state index is 11.6. The van der Waals surface area contributed by atoms with Gasteiger partial charge in [-0.05, 0) is 31.5 Å². The van der Waals surface area contributed by atoms with Crippen LogP contribution >= 0.6 is 0 Å². The molecule has 2 heterocycles. The lowest BCUT2D eigenvalue weighted by molar-refractivity contribution is 0.0995. The predicted molar refractivity (Wildman–Crippen MR) is 89.0 cm³/mol. The highest BCUT2D eigenvalue weighted by Gasteiger charge is 2.16. The molecule has 3 rings (SSSR count). The Hall–Kier alpha value is -2.96.